The van der Waals surface area contributed by atoms with Crippen LogP contribution in [0, 0.1) is 5.92 Å². The van der Waals surface area contributed by atoms with E-state index in [-0.39, 0.29) is 23.7 Å². The van der Waals surface area contributed by atoms with Gasteiger partial charge in [0.25, 0.3) is 0 Å². The van der Waals surface area contributed by atoms with Crippen LogP contribution in [0.2, 0.25) is 0 Å². The SMILES string of the molecule is CCCC1CCC(CN)(OCC(=O)NC(C)(C)C)CC1. The summed E-state index contributed by atoms with van der Waals surface area (Å²) in [6.45, 7) is 8.78. The average Bonchev–Trinajstić information content (AvgIpc) is 2.37. The maximum atomic E-state index is 11.8. The summed E-state index contributed by atoms with van der Waals surface area (Å²) in [5, 5.41) is 2.92. The zero-order valence-electron chi connectivity index (χ0n) is 13.6. The van der Waals surface area contributed by atoms with Crippen molar-refractivity contribution in [1.29, 1.82) is 0 Å². The highest BCUT2D eigenvalue weighted by molar-refractivity contribution is 5.77. The summed E-state index contributed by atoms with van der Waals surface area (Å²) >= 11 is 0. The highest BCUT2D eigenvalue weighted by Gasteiger charge is 2.35. The van der Waals surface area contributed by atoms with E-state index < -0.39 is 0 Å². The minimum atomic E-state index is -0.278. The lowest BCUT2D eigenvalue weighted by Gasteiger charge is -2.39. The van der Waals surface area contributed by atoms with Crippen molar-refractivity contribution in [3.05, 3.63) is 0 Å². The molecule has 0 aromatic carbocycles. The second-order valence-corrected chi connectivity index (χ2v) is 7.21. The van der Waals surface area contributed by atoms with Crippen LogP contribution < -0.4 is 11.1 Å². The monoisotopic (exact) mass is 284 g/mol. The summed E-state index contributed by atoms with van der Waals surface area (Å²) in [7, 11) is 0. The number of hydrogen-bond acceptors (Lipinski definition) is 3. The second-order valence-electron chi connectivity index (χ2n) is 7.21. The average molecular weight is 284 g/mol. The van der Waals surface area contributed by atoms with E-state index in [1.54, 1.807) is 0 Å². The first-order valence-corrected chi connectivity index (χ1v) is 7.95. The fourth-order valence-electron chi connectivity index (χ4n) is 2.98. The van der Waals surface area contributed by atoms with E-state index in [1.807, 2.05) is 20.8 Å². The van der Waals surface area contributed by atoms with Gasteiger partial charge in [0.2, 0.25) is 5.91 Å². The predicted molar refractivity (Wildman–Crippen MR) is 82.5 cm³/mol. The van der Waals surface area contributed by atoms with Crippen molar-refractivity contribution in [2.24, 2.45) is 11.7 Å². The molecule has 4 heteroatoms. The molecule has 4 nitrogen and oxygen atoms in total. The van der Waals surface area contributed by atoms with Crippen LogP contribution in [-0.2, 0) is 9.53 Å². The van der Waals surface area contributed by atoms with Gasteiger partial charge >= 0.3 is 0 Å². The number of ether oxygens (including phenoxy) is 1. The third-order valence-corrected chi connectivity index (χ3v) is 4.11. The second kappa shape index (κ2) is 7.41. The molecule has 0 atom stereocenters. The molecule has 20 heavy (non-hydrogen) atoms. The summed E-state index contributed by atoms with van der Waals surface area (Å²) in [5.74, 6) is 0.757. The molecule has 1 aliphatic carbocycles. The standard InChI is InChI=1S/C16H32N2O2/c1-5-6-13-7-9-16(12-17,10-8-13)20-11-14(19)18-15(2,3)4/h13H,5-12,17H2,1-4H3,(H,18,19). The van der Waals surface area contributed by atoms with Gasteiger partial charge in [-0.1, -0.05) is 19.8 Å². The molecule has 0 saturated heterocycles. The van der Waals surface area contributed by atoms with Crippen molar-refractivity contribution in [3.63, 3.8) is 0 Å². The summed E-state index contributed by atoms with van der Waals surface area (Å²) in [5.41, 5.74) is 5.42. The Labute approximate surface area is 123 Å². The third-order valence-electron chi connectivity index (χ3n) is 4.11. The lowest BCUT2D eigenvalue weighted by Crippen LogP contribution is -2.48. The van der Waals surface area contributed by atoms with E-state index in [9.17, 15) is 4.79 Å². The number of carbonyl (C=O) groups excluding carboxylic acids is 1. The fourth-order valence-corrected chi connectivity index (χ4v) is 2.98. The maximum Gasteiger partial charge on any atom is 0.246 e. The Kier molecular flexibility index (Phi) is 6.46. The minimum Gasteiger partial charge on any atom is -0.364 e. The Balaban J connectivity index is 2.42. The van der Waals surface area contributed by atoms with Crippen LogP contribution in [-0.4, -0.2) is 30.2 Å². The number of nitrogens with two attached hydrogens (primary N) is 1. The summed E-state index contributed by atoms with van der Waals surface area (Å²) in [4.78, 5) is 11.8. The van der Waals surface area contributed by atoms with Crippen molar-refractivity contribution in [2.75, 3.05) is 13.2 Å². The van der Waals surface area contributed by atoms with Crippen LogP contribution >= 0.6 is 0 Å². The zero-order chi connectivity index (χ0) is 15.2. The highest BCUT2D eigenvalue weighted by Crippen LogP contribution is 2.36. The fraction of sp³-hybridized carbons (Fsp3) is 0.938. The van der Waals surface area contributed by atoms with Crippen LogP contribution in [0.1, 0.15) is 66.2 Å². The van der Waals surface area contributed by atoms with E-state index in [1.165, 1.54) is 25.7 Å². The summed E-state index contributed by atoms with van der Waals surface area (Å²) in [6, 6.07) is 0. The van der Waals surface area contributed by atoms with Gasteiger partial charge in [-0.25, -0.2) is 0 Å². The first-order chi connectivity index (χ1) is 9.30. The molecule has 0 aliphatic heterocycles. The van der Waals surface area contributed by atoms with Gasteiger partial charge in [0.15, 0.2) is 0 Å². The van der Waals surface area contributed by atoms with Crippen molar-refractivity contribution in [2.45, 2.75) is 77.4 Å². The van der Waals surface area contributed by atoms with Gasteiger partial charge in [-0.3, -0.25) is 4.79 Å². The van der Waals surface area contributed by atoms with Crippen LogP contribution in [0.4, 0.5) is 0 Å². The summed E-state index contributed by atoms with van der Waals surface area (Å²) in [6.07, 6.45) is 6.85. The van der Waals surface area contributed by atoms with E-state index in [0.717, 1.165) is 18.8 Å². The normalized spacial score (nSPS) is 27.4. The number of rotatable bonds is 6. The molecule has 0 radical (unpaired) electrons. The number of amides is 1. The molecule has 1 fully saturated rings. The molecule has 0 aromatic heterocycles. The van der Waals surface area contributed by atoms with E-state index >= 15 is 0 Å². The first kappa shape index (κ1) is 17.4. The Bertz CT molecular complexity index is 302. The smallest absolute Gasteiger partial charge is 0.246 e. The van der Waals surface area contributed by atoms with Gasteiger partial charge in [-0.15, -0.1) is 0 Å². The maximum absolute atomic E-state index is 11.8. The lowest BCUT2D eigenvalue weighted by molar-refractivity contribution is -0.137. The van der Waals surface area contributed by atoms with E-state index in [4.69, 9.17) is 10.5 Å². The third kappa shape index (κ3) is 5.80. The Morgan fingerprint density at radius 2 is 1.95 bits per heavy atom. The number of hydrogen-bond donors (Lipinski definition) is 2. The largest absolute Gasteiger partial charge is 0.364 e. The Morgan fingerprint density at radius 3 is 2.40 bits per heavy atom. The van der Waals surface area contributed by atoms with E-state index in [0.29, 0.717) is 6.54 Å². The van der Waals surface area contributed by atoms with Gasteiger partial charge in [0.05, 0.1) is 5.60 Å². The molecule has 0 unspecified atom stereocenters. The van der Waals surface area contributed by atoms with Gasteiger partial charge < -0.3 is 15.8 Å². The van der Waals surface area contributed by atoms with Crippen molar-refractivity contribution >= 4 is 5.91 Å². The predicted octanol–water partition coefficient (Wildman–Crippen LogP) is 2.61. The van der Waals surface area contributed by atoms with Crippen molar-refractivity contribution in [1.82, 2.24) is 5.32 Å². The minimum absolute atomic E-state index is 0.0546. The van der Waals surface area contributed by atoms with Crippen LogP contribution in [0.3, 0.4) is 0 Å². The molecule has 1 saturated carbocycles. The number of nitrogens with one attached hydrogen (secondary N) is 1. The Hall–Kier alpha value is -0.610. The molecule has 0 aromatic rings. The van der Waals surface area contributed by atoms with Gasteiger partial charge in [0.1, 0.15) is 6.61 Å². The molecular formula is C16H32N2O2. The lowest BCUT2D eigenvalue weighted by atomic mass is 9.77. The van der Waals surface area contributed by atoms with Crippen molar-refractivity contribution in [3.8, 4) is 0 Å². The molecule has 118 valence electrons. The molecule has 0 bridgehead atoms. The van der Waals surface area contributed by atoms with Crippen LogP contribution in [0.25, 0.3) is 0 Å². The molecule has 3 N–H and O–H groups in total. The van der Waals surface area contributed by atoms with Gasteiger partial charge in [0, 0.05) is 12.1 Å². The zero-order valence-corrected chi connectivity index (χ0v) is 13.6. The molecule has 0 heterocycles. The van der Waals surface area contributed by atoms with Gasteiger partial charge in [-0.2, -0.15) is 0 Å². The molecule has 1 amide bonds. The molecule has 0 spiro atoms. The molecular weight excluding hydrogens is 252 g/mol. The molecule has 1 rings (SSSR count). The number of carbonyl (C=O) groups is 1. The summed E-state index contributed by atoms with van der Waals surface area (Å²) < 4.78 is 5.92. The Morgan fingerprint density at radius 1 is 1.35 bits per heavy atom. The quantitative estimate of drug-likeness (QED) is 0.788. The first-order valence-electron chi connectivity index (χ1n) is 7.95. The van der Waals surface area contributed by atoms with Crippen molar-refractivity contribution < 1.29 is 9.53 Å². The topological polar surface area (TPSA) is 64.3 Å². The van der Waals surface area contributed by atoms with E-state index in [2.05, 4.69) is 12.2 Å². The molecule has 1 aliphatic rings. The van der Waals surface area contributed by atoms with Crippen LogP contribution in [0.5, 0.6) is 0 Å². The highest BCUT2D eigenvalue weighted by atomic mass is 16.5. The van der Waals surface area contributed by atoms with Gasteiger partial charge in [-0.05, 0) is 52.4 Å². The van der Waals surface area contributed by atoms with Crippen LogP contribution in [0.15, 0.2) is 0 Å².